The molecule has 3 atom stereocenters. The lowest BCUT2D eigenvalue weighted by atomic mass is 10.1. The number of nitrogens with zero attached hydrogens (tertiary/aromatic N) is 3. The van der Waals surface area contributed by atoms with E-state index in [0.29, 0.717) is 5.71 Å². The Balaban J connectivity index is 1.81. The van der Waals surface area contributed by atoms with E-state index in [0.717, 1.165) is 10.6 Å². The van der Waals surface area contributed by atoms with Gasteiger partial charge in [0.25, 0.3) is 0 Å². The Hall–Kier alpha value is -1.28. The van der Waals surface area contributed by atoms with E-state index < -0.39 is 26.6 Å². The molecule has 2 aliphatic heterocycles. The van der Waals surface area contributed by atoms with Gasteiger partial charge in [0.05, 0.1) is 5.71 Å². The van der Waals surface area contributed by atoms with Gasteiger partial charge in [0.2, 0.25) is 10.4 Å². The number of alkyl halides is 4. The van der Waals surface area contributed by atoms with Crippen LogP contribution in [-0.4, -0.2) is 42.5 Å². The van der Waals surface area contributed by atoms with E-state index in [9.17, 15) is 13.6 Å². The summed E-state index contributed by atoms with van der Waals surface area (Å²) in [5.41, 5.74) is 1.47. The molecule has 0 unspecified atom stereocenters. The first-order chi connectivity index (χ1) is 10.8. The molecule has 0 spiro atoms. The number of amides is 1. The van der Waals surface area contributed by atoms with E-state index in [4.69, 9.17) is 0 Å². The molecular formula is C15H11Br2F2N3O. The number of hydrazine groups is 1. The molecular weight excluding hydrogens is 436 g/mol. The van der Waals surface area contributed by atoms with Gasteiger partial charge in [-0.25, -0.2) is 13.8 Å². The summed E-state index contributed by atoms with van der Waals surface area (Å²) >= 11 is 6.26. The lowest BCUT2D eigenvalue weighted by Gasteiger charge is -2.36. The van der Waals surface area contributed by atoms with Crippen LogP contribution in [0.4, 0.5) is 8.78 Å². The van der Waals surface area contributed by atoms with Crippen molar-refractivity contribution < 1.29 is 13.6 Å². The van der Waals surface area contributed by atoms with Crippen LogP contribution in [0.5, 0.6) is 0 Å². The Kier molecular flexibility index (Phi) is 2.93. The van der Waals surface area contributed by atoms with Gasteiger partial charge >= 0.3 is 5.92 Å². The second kappa shape index (κ2) is 4.42. The van der Waals surface area contributed by atoms with Crippen molar-refractivity contribution in [2.24, 2.45) is 5.10 Å². The van der Waals surface area contributed by atoms with Gasteiger partial charge in [-0.1, -0.05) is 68.3 Å². The Morgan fingerprint density at radius 3 is 2.52 bits per heavy atom. The van der Waals surface area contributed by atoms with E-state index >= 15 is 0 Å². The smallest absolute Gasteiger partial charge is 0.273 e. The van der Waals surface area contributed by atoms with Crippen LogP contribution in [0.3, 0.4) is 0 Å². The number of carbonyl (C=O) groups excluding carboxylic acids is 1. The van der Waals surface area contributed by atoms with Crippen LogP contribution in [0, 0.1) is 0 Å². The first kappa shape index (κ1) is 15.3. The molecule has 0 radical (unpaired) electrons. The van der Waals surface area contributed by atoms with E-state index in [-0.39, 0.29) is 0 Å². The molecule has 1 aliphatic carbocycles. The minimum atomic E-state index is -3.10. The number of rotatable bonds is 1. The summed E-state index contributed by atoms with van der Waals surface area (Å²) in [7, 11) is 0. The highest BCUT2D eigenvalue weighted by molar-refractivity contribution is 9.13. The van der Waals surface area contributed by atoms with Crippen molar-refractivity contribution >= 4 is 43.5 Å². The summed E-state index contributed by atoms with van der Waals surface area (Å²) in [5.74, 6) is -3.60. The first-order valence-corrected chi connectivity index (χ1v) is 8.53. The zero-order chi connectivity index (χ0) is 16.6. The number of fused-ring (bicyclic) bond motifs is 3. The van der Waals surface area contributed by atoms with Crippen molar-refractivity contribution in [3.63, 3.8) is 0 Å². The summed E-state index contributed by atoms with van der Waals surface area (Å²) in [4.78, 5) is 12.0. The lowest BCUT2D eigenvalue weighted by molar-refractivity contribution is -0.155. The summed E-state index contributed by atoms with van der Waals surface area (Å²) in [5, 5.41) is 6.77. The summed E-state index contributed by atoms with van der Waals surface area (Å²) in [6.45, 7) is 1.25. The van der Waals surface area contributed by atoms with E-state index in [1.54, 1.807) is 12.2 Å². The van der Waals surface area contributed by atoms with Gasteiger partial charge in [-0.05, 0) is 6.08 Å². The summed E-state index contributed by atoms with van der Waals surface area (Å²) in [6.07, 6.45) is 3.37. The number of allylic oxidation sites excluding steroid dienone is 1. The van der Waals surface area contributed by atoms with E-state index in [1.807, 2.05) is 30.3 Å². The van der Waals surface area contributed by atoms with Crippen molar-refractivity contribution in [1.29, 1.82) is 0 Å². The molecule has 1 saturated heterocycles. The van der Waals surface area contributed by atoms with Gasteiger partial charge in [-0.15, -0.1) is 0 Å². The minimum Gasteiger partial charge on any atom is -0.273 e. The van der Waals surface area contributed by atoms with Gasteiger partial charge in [0.1, 0.15) is 6.04 Å². The maximum atomic E-state index is 14.4. The molecule has 8 heteroatoms. The number of hydrazone groups is 1. The fourth-order valence-corrected chi connectivity index (χ4v) is 5.60. The van der Waals surface area contributed by atoms with Gasteiger partial charge in [-0.3, -0.25) is 4.79 Å². The van der Waals surface area contributed by atoms with Crippen molar-refractivity contribution in [2.45, 2.75) is 27.7 Å². The summed E-state index contributed by atoms with van der Waals surface area (Å²) in [6, 6.07) is 8.62. The average molecular weight is 447 g/mol. The Morgan fingerprint density at radius 2 is 1.91 bits per heavy atom. The third-order valence-corrected chi connectivity index (χ3v) is 7.99. The first-order valence-electron chi connectivity index (χ1n) is 6.94. The zero-order valence-electron chi connectivity index (χ0n) is 11.9. The van der Waals surface area contributed by atoms with Crippen LogP contribution in [0.1, 0.15) is 12.5 Å². The second-order valence-corrected chi connectivity index (χ2v) is 8.11. The standard InChI is InChI=1S/C15H11Br2F2N3O/c1-9(23)21-14(17)13(16,15(14,18)19)12-8-7-11(20-22(12)21)10-5-3-2-4-6-10/h2-8,12H,1H3/t12-,13+,14+/m1/s1. The largest absolute Gasteiger partial charge is 0.305 e. The van der Waals surface area contributed by atoms with Crippen LogP contribution >= 0.6 is 31.9 Å². The number of carbonyl (C=O) groups is 1. The maximum Gasteiger partial charge on any atom is 0.305 e. The number of hydrogen-bond acceptors (Lipinski definition) is 3. The fourth-order valence-electron chi connectivity index (χ4n) is 3.29. The SMILES string of the molecule is CC(=O)N1N2N=C(c3ccccc3)C=C[C@@H]2[C@@]2(Br)C(F)(F)[C@@]12Br. The molecule has 2 fully saturated rings. The Bertz CT molecular complexity index is 769. The highest BCUT2D eigenvalue weighted by Crippen LogP contribution is 2.79. The van der Waals surface area contributed by atoms with E-state index in [2.05, 4.69) is 37.0 Å². The zero-order valence-corrected chi connectivity index (χ0v) is 15.1. The number of hydrogen-bond donors (Lipinski definition) is 0. The molecule has 1 saturated carbocycles. The topological polar surface area (TPSA) is 35.9 Å². The molecule has 120 valence electrons. The molecule has 4 nitrogen and oxygen atoms in total. The van der Waals surface area contributed by atoms with E-state index in [1.165, 1.54) is 12.0 Å². The summed E-state index contributed by atoms with van der Waals surface area (Å²) < 4.78 is 25.4. The van der Waals surface area contributed by atoms with Crippen molar-refractivity contribution in [1.82, 2.24) is 10.1 Å². The predicted octanol–water partition coefficient (Wildman–Crippen LogP) is 3.28. The Morgan fingerprint density at radius 1 is 1.26 bits per heavy atom. The highest BCUT2D eigenvalue weighted by atomic mass is 79.9. The van der Waals surface area contributed by atoms with Gasteiger partial charge < -0.3 is 0 Å². The average Bonchev–Trinajstić information content (AvgIpc) is 2.76. The molecule has 1 amide bonds. The van der Waals surface area contributed by atoms with Crippen LogP contribution in [0.15, 0.2) is 47.6 Å². The molecule has 1 aromatic rings. The lowest BCUT2D eigenvalue weighted by Crippen LogP contribution is -2.51. The molecule has 1 aromatic carbocycles. The minimum absolute atomic E-state index is 0.503. The number of halogens is 4. The third-order valence-electron chi connectivity index (χ3n) is 4.46. The molecule has 4 rings (SSSR count). The normalized spacial score (nSPS) is 36.4. The molecule has 2 heterocycles. The van der Waals surface area contributed by atoms with Crippen LogP contribution in [0.25, 0.3) is 0 Å². The van der Waals surface area contributed by atoms with Gasteiger partial charge in [0.15, 0.2) is 4.32 Å². The van der Waals surface area contributed by atoms with Crippen LogP contribution < -0.4 is 0 Å². The predicted molar refractivity (Wildman–Crippen MR) is 88.5 cm³/mol. The second-order valence-electron chi connectivity index (χ2n) is 5.71. The fraction of sp³-hybridized carbons (Fsp3) is 0.333. The molecule has 0 bridgehead atoms. The Labute approximate surface area is 148 Å². The van der Waals surface area contributed by atoms with Crippen molar-refractivity contribution in [3.8, 4) is 0 Å². The molecule has 0 aromatic heterocycles. The molecule has 23 heavy (non-hydrogen) atoms. The highest BCUT2D eigenvalue weighted by Gasteiger charge is 3.00. The van der Waals surface area contributed by atoms with Crippen LogP contribution in [-0.2, 0) is 4.79 Å². The van der Waals surface area contributed by atoms with Gasteiger partial charge in [-0.2, -0.15) is 10.2 Å². The molecule has 0 N–H and O–H groups in total. The van der Waals surface area contributed by atoms with Crippen LogP contribution in [0.2, 0.25) is 0 Å². The van der Waals surface area contributed by atoms with Gasteiger partial charge in [0, 0.05) is 12.5 Å². The monoisotopic (exact) mass is 445 g/mol. The molecule has 3 aliphatic rings. The quantitative estimate of drug-likeness (QED) is 0.490. The maximum absolute atomic E-state index is 14.4. The third kappa shape index (κ3) is 1.54. The van der Waals surface area contributed by atoms with Crippen molar-refractivity contribution in [3.05, 3.63) is 48.0 Å². The van der Waals surface area contributed by atoms with Crippen molar-refractivity contribution in [2.75, 3.05) is 0 Å². The number of benzene rings is 1.